The molecule has 2 nitrogen and oxygen atoms in total. The average molecular weight is 380 g/mol. The first-order chi connectivity index (χ1) is 8.38. The van der Waals surface area contributed by atoms with E-state index in [0.29, 0.717) is 10.9 Å². The summed E-state index contributed by atoms with van der Waals surface area (Å²) in [6.45, 7) is 3.41. The molecule has 5 heteroatoms. The molecule has 18 heavy (non-hydrogen) atoms. The normalized spacial score (nSPS) is 14.1. The highest BCUT2D eigenvalue weighted by Gasteiger charge is 2.30. The second-order valence-corrected chi connectivity index (χ2v) is 5.83. The van der Waals surface area contributed by atoms with Crippen LogP contribution < -0.4 is 0 Å². The number of rotatable bonds is 5. The quantitative estimate of drug-likeness (QED) is 0.563. The molecule has 0 saturated heterocycles. The number of ketones is 2. The standard InChI is InChI=1S/C13H13Br2FO2/c1-3-7(2)12(17)11(16)13(18)9-5-4-8(14)6-10(9)15/h4-7,11H,3H2,1-2H3. The molecule has 0 aliphatic carbocycles. The Hall–Kier alpha value is -0.550. The maximum Gasteiger partial charge on any atom is 0.221 e. The van der Waals surface area contributed by atoms with Gasteiger partial charge in [0.15, 0.2) is 5.78 Å². The summed E-state index contributed by atoms with van der Waals surface area (Å²) in [5.41, 5.74) is 0.183. The molecule has 1 aromatic carbocycles. The fourth-order valence-electron chi connectivity index (χ4n) is 1.41. The first kappa shape index (κ1) is 15.5. The Morgan fingerprint density at radius 3 is 2.44 bits per heavy atom. The molecule has 0 amide bonds. The summed E-state index contributed by atoms with van der Waals surface area (Å²) in [4.78, 5) is 23.5. The number of benzene rings is 1. The van der Waals surface area contributed by atoms with E-state index < -0.39 is 23.7 Å². The van der Waals surface area contributed by atoms with Gasteiger partial charge >= 0.3 is 0 Å². The van der Waals surface area contributed by atoms with Gasteiger partial charge in [0.05, 0.1) is 0 Å². The van der Waals surface area contributed by atoms with Crippen LogP contribution in [0.25, 0.3) is 0 Å². The van der Waals surface area contributed by atoms with Gasteiger partial charge in [-0.15, -0.1) is 0 Å². The van der Waals surface area contributed by atoms with E-state index in [1.165, 1.54) is 6.07 Å². The van der Waals surface area contributed by atoms with E-state index in [1.54, 1.807) is 26.0 Å². The Morgan fingerprint density at radius 2 is 1.94 bits per heavy atom. The second-order valence-electron chi connectivity index (χ2n) is 4.06. The van der Waals surface area contributed by atoms with Crippen molar-refractivity contribution in [3.05, 3.63) is 32.7 Å². The molecule has 0 radical (unpaired) electrons. The van der Waals surface area contributed by atoms with Gasteiger partial charge < -0.3 is 0 Å². The van der Waals surface area contributed by atoms with Gasteiger partial charge in [-0.05, 0) is 24.6 Å². The molecule has 98 valence electrons. The summed E-state index contributed by atoms with van der Waals surface area (Å²) in [5, 5.41) is 0. The maximum atomic E-state index is 13.9. The SMILES string of the molecule is CCC(C)C(=O)C(F)C(=O)c1ccc(Br)cc1Br. The summed E-state index contributed by atoms with van der Waals surface area (Å²) < 4.78 is 15.1. The Kier molecular flexibility index (Phi) is 5.66. The minimum absolute atomic E-state index is 0.183. The number of hydrogen-bond donors (Lipinski definition) is 0. The highest BCUT2D eigenvalue weighted by Crippen LogP contribution is 2.24. The number of hydrogen-bond acceptors (Lipinski definition) is 2. The Bertz CT molecular complexity index is 474. The maximum absolute atomic E-state index is 13.9. The van der Waals surface area contributed by atoms with Crippen molar-refractivity contribution in [1.82, 2.24) is 0 Å². The van der Waals surface area contributed by atoms with Crippen molar-refractivity contribution >= 4 is 43.4 Å². The monoisotopic (exact) mass is 378 g/mol. The molecule has 2 atom stereocenters. The van der Waals surface area contributed by atoms with Crippen molar-refractivity contribution in [2.45, 2.75) is 26.4 Å². The van der Waals surface area contributed by atoms with Crippen molar-refractivity contribution in [2.75, 3.05) is 0 Å². The molecule has 0 heterocycles. The van der Waals surface area contributed by atoms with E-state index in [2.05, 4.69) is 31.9 Å². The van der Waals surface area contributed by atoms with Crippen LogP contribution in [-0.4, -0.2) is 17.7 Å². The zero-order valence-corrected chi connectivity index (χ0v) is 13.2. The van der Waals surface area contributed by atoms with Gasteiger partial charge in [0.25, 0.3) is 0 Å². The van der Waals surface area contributed by atoms with Crippen LogP contribution in [-0.2, 0) is 4.79 Å². The van der Waals surface area contributed by atoms with Crippen molar-refractivity contribution < 1.29 is 14.0 Å². The predicted octanol–water partition coefficient (Wildman–Crippen LogP) is 4.35. The molecule has 0 aromatic heterocycles. The van der Waals surface area contributed by atoms with Gasteiger partial charge in [0, 0.05) is 20.4 Å². The van der Waals surface area contributed by atoms with Gasteiger partial charge in [-0.2, -0.15) is 0 Å². The molecule has 1 rings (SSSR count). The van der Waals surface area contributed by atoms with Gasteiger partial charge in [0.1, 0.15) is 0 Å². The molecule has 0 spiro atoms. The van der Waals surface area contributed by atoms with Crippen LogP contribution in [0.15, 0.2) is 27.1 Å². The molecule has 0 N–H and O–H groups in total. The lowest BCUT2D eigenvalue weighted by atomic mass is 9.95. The number of Topliss-reactive ketones (excluding diaryl/α,β-unsaturated/α-hetero) is 2. The van der Waals surface area contributed by atoms with Crippen LogP contribution in [0.3, 0.4) is 0 Å². The lowest BCUT2D eigenvalue weighted by Crippen LogP contribution is -2.30. The average Bonchev–Trinajstić information content (AvgIpc) is 2.35. The van der Waals surface area contributed by atoms with Crippen molar-refractivity contribution in [3.8, 4) is 0 Å². The molecular formula is C13H13Br2FO2. The highest BCUT2D eigenvalue weighted by atomic mass is 79.9. The molecule has 2 unspecified atom stereocenters. The predicted molar refractivity (Wildman–Crippen MR) is 75.5 cm³/mol. The molecule has 0 saturated carbocycles. The van der Waals surface area contributed by atoms with Gasteiger partial charge in [-0.3, -0.25) is 9.59 Å². The van der Waals surface area contributed by atoms with E-state index in [4.69, 9.17) is 0 Å². The lowest BCUT2D eigenvalue weighted by molar-refractivity contribution is -0.125. The molecule has 0 aliphatic rings. The van der Waals surface area contributed by atoms with Gasteiger partial charge in [-0.25, -0.2) is 4.39 Å². The lowest BCUT2D eigenvalue weighted by Gasteiger charge is -2.12. The smallest absolute Gasteiger partial charge is 0.221 e. The van der Waals surface area contributed by atoms with Crippen LogP contribution in [0.4, 0.5) is 4.39 Å². The first-order valence-electron chi connectivity index (χ1n) is 5.55. The third kappa shape index (κ3) is 3.48. The van der Waals surface area contributed by atoms with Gasteiger partial charge in [0.2, 0.25) is 12.0 Å². The molecule has 0 fully saturated rings. The Balaban J connectivity index is 2.97. The topological polar surface area (TPSA) is 34.1 Å². The zero-order valence-electron chi connectivity index (χ0n) is 10.0. The number of alkyl halides is 1. The van der Waals surface area contributed by atoms with E-state index in [9.17, 15) is 14.0 Å². The minimum Gasteiger partial charge on any atom is -0.296 e. The van der Waals surface area contributed by atoms with Gasteiger partial charge in [-0.1, -0.05) is 45.7 Å². The molecular weight excluding hydrogens is 367 g/mol. The van der Waals surface area contributed by atoms with Crippen molar-refractivity contribution in [2.24, 2.45) is 5.92 Å². The second kappa shape index (κ2) is 6.57. The van der Waals surface area contributed by atoms with Crippen LogP contribution in [0.5, 0.6) is 0 Å². The van der Waals surface area contributed by atoms with E-state index >= 15 is 0 Å². The molecule has 1 aromatic rings. The third-order valence-corrected chi connectivity index (χ3v) is 3.92. The zero-order chi connectivity index (χ0) is 13.9. The fourth-order valence-corrected chi connectivity index (χ4v) is 2.65. The van der Waals surface area contributed by atoms with Crippen LogP contribution in [0.2, 0.25) is 0 Å². The summed E-state index contributed by atoms with van der Waals surface area (Å²) in [6, 6.07) is 4.78. The Labute approximate surface area is 122 Å². The van der Waals surface area contributed by atoms with E-state index in [-0.39, 0.29) is 5.56 Å². The van der Waals surface area contributed by atoms with E-state index in [1.807, 2.05) is 0 Å². The minimum atomic E-state index is -2.09. The van der Waals surface area contributed by atoms with Crippen LogP contribution >= 0.6 is 31.9 Å². The number of halogens is 3. The third-order valence-electron chi connectivity index (χ3n) is 2.77. The first-order valence-corrected chi connectivity index (χ1v) is 7.14. The Morgan fingerprint density at radius 1 is 1.33 bits per heavy atom. The number of carbonyl (C=O) groups excluding carboxylic acids is 2. The fraction of sp³-hybridized carbons (Fsp3) is 0.385. The number of carbonyl (C=O) groups is 2. The molecule has 0 aliphatic heterocycles. The van der Waals surface area contributed by atoms with Crippen LogP contribution in [0.1, 0.15) is 30.6 Å². The summed E-state index contributed by atoms with van der Waals surface area (Å²) >= 11 is 6.43. The largest absolute Gasteiger partial charge is 0.296 e. The van der Waals surface area contributed by atoms with Crippen molar-refractivity contribution in [1.29, 1.82) is 0 Å². The summed E-state index contributed by atoms with van der Waals surface area (Å²) in [5.74, 6) is -1.89. The summed E-state index contributed by atoms with van der Waals surface area (Å²) in [6.07, 6.45) is -1.56. The highest BCUT2D eigenvalue weighted by molar-refractivity contribution is 9.11. The summed E-state index contributed by atoms with van der Waals surface area (Å²) in [7, 11) is 0. The van der Waals surface area contributed by atoms with Crippen LogP contribution in [0, 0.1) is 5.92 Å². The van der Waals surface area contributed by atoms with Crippen molar-refractivity contribution in [3.63, 3.8) is 0 Å². The molecule has 0 bridgehead atoms. The van der Waals surface area contributed by atoms with E-state index in [0.717, 1.165) is 4.47 Å².